The lowest BCUT2D eigenvalue weighted by atomic mass is 10.2. The molecule has 122 valence electrons. The van der Waals surface area contributed by atoms with Crippen molar-refractivity contribution in [3.63, 3.8) is 0 Å². The Hall–Kier alpha value is -1.92. The number of rotatable bonds is 5. The molecule has 0 saturated carbocycles. The fourth-order valence-electron chi connectivity index (χ4n) is 1.95. The Labute approximate surface area is 142 Å². The minimum atomic E-state index is -0.546. The van der Waals surface area contributed by atoms with Gasteiger partial charge in [-0.3, -0.25) is 4.79 Å². The van der Waals surface area contributed by atoms with Gasteiger partial charge in [-0.15, -0.1) is 11.3 Å². The number of ether oxygens (including phenoxy) is 1. The molecule has 23 heavy (non-hydrogen) atoms. The summed E-state index contributed by atoms with van der Waals surface area (Å²) in [5.74, 6) is -1.59. The highest BCUT2D eigenvalue weighted by Gasteiger charge is 2.15. The second kappa shape index (κ2) is 7.57. The molecule has 0 fully saturated rings. The highest BCUT2D eigenvalue weighted by molar-refractivity contribution is 7.14. The molecule has 0 unspecified atom stereocenters. The first-order valence-electron chi connectivity index (χ1n) is 6.92. The number of carbonyl (C=O) groups is 2. The van der Waals surface area contributed by atoms with E-state index in [1.807, 2.05) is 13.8 Å². The van der Waals surface area contributed by atoms with Crippen LogP contribution in [-0.4, -0.2) is 18.5 Å². The van der Waals surface area contributed by atoms with Crippen LogP contribution in [0.2, 0.25) is 5.02 Å². The van der Waals surface area contributed by atoms with E-state index in [2.05, 4.69) is 5.32 Å². The van der Waals surface area contributed by atoms with Crippen LogP contribution in [-0.2, 0) is 16.0 Å². The van der Waals surface area contributed by atoms with Crippen LogP contribution in [0.15, 0.2) is 24.3 Å². The molecule has 0 radical (unpaired) electrons. The Morgan fingerprint density at radius 3 is 2.70 bits per heavy atom. The fourth-order valence-corrected chi connectivity index (χ4v) is 3.17. The van der Waals surface area contributed by atoms with Crippen molar-refractivity contribution < 1.29 is 18.7 Å². The maximum atomic E-state index is 12.9. The Bertz CT molecular complexity index is 745. The van der Waals surface area contributed by atoms with Gasteiger partial charge in [0.1, 0.15) is 10.7 Å². The number of nitrogens with one attached hydrogen (secondary N) is 1. The average Bonchev–Trinajstić information content (AvgIpc) is 2.89. The molecule has 0 atom stereocenters. The number of carbonyl (C=O) groups excluding carboxylic acids is 2. The van der Waals surface area contributed by atoms with Crippen LogP contribution in [0.3, 0.4) is 0 Å². The topological polar surface area (TPSA) is 55.4 Å². The van der Waals surface area contributed by atoms with Gasteiger partial charge in [-0.1, -0.05) is 18.5 Å². The summed E-state index contributed by atoms with van der Waals surface area (Å²) in [7, 11) is 0. The number of thiophene rings is 1. The van der Waals surface area contributed by atoms with Gasteiger partial charge >= 0.3 is 5.97 Å². The second-order valence-corrected chi connectivity index (χ2v) is 6.36. The van der Waals surface area contributed by atoms with E-state index in [1.165, 1.54) is 23.5 Å². The van der Waals surface area contributed by atoms with E-state index in [-0.39, 0.29) is 10.7 Å². The zero-order valence-corrected chi connectivity index (χ0v) is 14.2. The third-order valence-corrected chi connectivity index (χ3v) is 4.76. The van der Waals surface area contributed by atoms with Crippen molar-refractivity contribution in [1.82, 2.24) is 0 Å². The third-order valence-electron chi connectivity index (χ3n) is 3.08. The van der Waals surface area contributed by atoms with Crippen molar-refractivity contribution in [3.8, 4) is 0 Å². The van der Waals surface area contributed by atoms with Crippen molar-refractivity contribution in [3.05, 3.63) is 50.4 Å². The average molecular weight is 356 g/mol. The lowest BCUT2D eigenvalue weighted by Gasteiger charge is -2.07. The molecular formula is C16H15ClFNO3S. The van der Waals surface area contributed by atoms with Crippen molar-refractivity contribution in [2.75, 3.05) is 11.9 Å². The number of esters is 1. The van der Waals surface area contributed by atoms with Gasteiger partial charge < -0.3 is 10.1 Å². The van der Waals surface area contributed by atoms with Gasteiger partial charge in [0.05, 0.1) is 10.7 Å². The zero-order valence-electron chi connectivity index (χ0n) is 12.6. The molecule has 1 amide bonds. The van der Waals surface area contributed by atoms with Crippen LogP contribution in [0, 0.1) is 12.7 Å². The maximum absolute atomic E-state index is 12.9. The molecule has 1 aromatic heterocycles. The fraction of sp³-hybridized carbons (Fsp3) is 0.250. The maximum Gasteiger partial charge on any atom is 0.348 e. The van der Waals surface area contributed by atoms with E-state index in [0.29, 0.717) is 4.88 Å². The molecule has 2 rings (SSSR count). The summed E-state index contributed by atoms with van der Waals surface area (Å²) >= 11 is 7.17. The van der Waals surface area contributed by atoms with Crippen LogP contribution in [0.1, 0.15) is 27.0 Å². The van der Waals surface area contributed by atoms with E-state index in [0.717, 1.165) is 22.9 Å². The Morgan fingerprint density at radius 1 is 1.35 bits per heavy atom. The smallest absolute Gasteiger partial charge is 0.348 e. The SMILES string of the molecule is CCc1sc(C(=O)OCC(=O)Nc2ccc(F)cc2Cl)cc1C. The molecule has 0 saturated heterocycles. The standard InChI is InChI=1S/C16H15ClFNO3S/c1-3-13-9(2)6-14(23-13)16(21)22-8-15(20)19-12-5-4-10(18)7-11(12)17/h4-7H,3,8H2,1-2H3,(H,19,20). The van der Waals surface area contributed by atoms with Crippen LogP contribution < -0.4 is 5.32 Å². The van der Waals surface area contributed by atoms with Crippen LogP contribution in [0.25, 0.3) is 0 Å². The van der Waals surface area contributed by atoms with Crippen molar-refractivity contribution in [1.29, 1.82) is 0 Å². The minimum absolute atomic E-state index is 0.0751. The first kappa shape index (κ1) is 17.4. The number of anilines is 1. The van der Waals surface area contributed by atoms with Crippen LogP contribution in [0.4, 0.5) is 10.1 Å². The minimum Gasteiger partial charge on any atom is -0.451 e. The van der Waals surface area contributed by atoms with E-state index in [1.54, 1.807) is 6.07 Å². The summed E-state index contributed by atoms with van der Waals surface area (Å²) in [5, 5.41) is 2.54. The number of halogens is 2. The summed E-state index contributed by atoms with van der Waals surface area (Å²) in [4.78, 5) is 25.3. The first-order valence-corrected chi connectivity index (χ1v) is 8.11. The molecule has 0 bridgehead atoms. The van der Waals surface area contributed by atoms with E-state index >= 15 is 0 Å². The molecule has 0 spiro atoms. The second-order valence-electron chi connectivity index (χ2n) is 4.82. The highest BCUT2D eigenvalue weighted by atomic mass is 35.5. The molecule has 1 heterocycles. The first-order chi connectivity index (χ1) is 10.9. The summed E-state index contributed by atoms with van der Waals surface area (Å²) < 4.78 is 17.9. The van der Waals surface area contributed by atoms with Crippen molar-refractivity contribution in [2.45, 2.75) is 20.3 Å². The summed E-state index contributed by atoms with van der Waals surface area (Å²) in [6.07, 6.45) is 0.841. The van der Waals surface area contributed by atoms with E-state index in [4.69, 9.17) is 16.3 Å². The number of hydrogen-bond donors (Lipinski definition) is 1. The van der Waals surface area contributed by atoms with Crippen LogP contribution >= 0.6 is 22.9 Å². The molecule has 2 aromatic rings. The molecule has 0 aliphatic carbocycles. The molecule has 0 aliphatic heterocycles. The van der Waals surface area contributed by atoms with Crippen molar-refractivity contribution >= 4 is 40.5 Å². The third kappa shape index (κ3) is 4.53. The summed E-state index contributed by atoms with van der Waals surface area (Å²) in [5.41, 5.74) is 1.29. The lowest BCUT2D eigenvalue weighted by Crippen LogP contribution is -2.20. The summed E-state index contributed by atoms with van der Waals surface area (Å²) in [6.45, 7) is 3.49. The molecule has 0 aliphatic rings. The number of hydrogen-bond acceptors (Lipinski definition) is 4. The van der Waals surface area contributed by atoms with Gasteiger partial charge in [0.2, 0.25) is 0 Å². The number of amides is 1. The summed E-state index contributed by atoms with van der Waals surface area (Å²) in [6, 6.07) is 5.35. The van der Waals surface area contributed by atoms with Gasteiger partial charge in [0.25, 0.3) is 5.91 Å². The van der Waals surface area contributed by atoms with Gasteiger partial charge in [-0.2, -0.15) is 0 Å². The van der Waals surface area contributed by atoms with E-state index < -0.39 is 24.3 Å². The van der Waals surface area contributed by atoms with Gasteiger partial charge in [0.15, 0.2) is 6.61 Å². The number of aryl methyl sites for hydroxylation is 2. The van der Waals surface area contributed by atoms with Crippen LogP contribution in [0.5, 0.6) is 0 Å². The van der Waals surface area contributed by atoms with Gasteiger partial charge in [-0.25, -0.2) is 9.18 Å². The molecule has 4 nitrogen and oxygen atoms in total. The monoisotopic (exact) mass is 355 g/mol. The Morgan fingerprint density at radius 2 is 2.09 bits per heavy atom. The predicted octanol–water partition coefficient (Wildman–Crippen LogP) is 4.21. The van der Waals surface area contributed by atoms with Gasteiger partial charge in [0, 0.05) is 4.88 Å². The van der Waals surface area contributed by atoms with Gasteiger partial charge in [-0.05, 0) is 43.2 Å². The highest BCUT2D eigenvalue weighted by Crippen LogP contribution is 2.24. The molecular weight excluding hydrogens is 341 g/mol. The Kier molecular flexibility index (Phi) is 5.74. The normalized spacial score (nSPS) is 10.4. The molecule has 1 aromatic carbocycles. The van der Waals surface area contributed by atoms with E-state index in [9.17, 15) is 14.0 Å². The molecule has 1 N–H and O–H groups in total. The molecule has 7 heteroatoms. The zero-order chi connectivity index (χ0) is 17.0. The quantitative estimate of drug-likeness (QED) is 0.817. The predicted molar refractivity (Wildman–Crippen MR) is 88.8 cm³/mol. The number of benzene rings is 1. The lowest BCUT2D eigenvalue weighted by molar-refractivity contribution is -0.119. The van der Waals surface area contributed by atoms with Crippen molar-refractivity contribution in [2.24, 2.45) is 0 Å². The Balaban J connectivity index is 1.91. The largest absolute Gasteiger partial charge is 0.451 e.